The quantitative estimate of drug-likeness (QED) is 0.796. The third-order valence-corrected chi connectivity index (χ3v) is 4.08. The first-order valence-corrected chi connectivity index (χ1v) is 7.75. The fraction of sp³-hybridized carbons (Fsp3) is 0.438. The maximum Gasteiger partial charge on any atom is 0.253 e. The van der Waals surface area contributed by atoms with Crippen LogP contribution in [-0.2, 0) is 20.9 Å². The van der Waals surface area contributed by atoms with E-state index in [-0.39, 0.29) is 18.5 Å². The average molecular weight is 339 g/mol. The number of ether oxygens (including phenoxy) is 1. The van der Waals surface area contributed by atoms with E-state index in [0.29, 0.717) is 30.2 Å². The van der Waals surface area contributed by atoms with Crippen LogP contribution in [0.4, 0.5) is 0 Å². The van der Waals surface area contributed by atoms with Crippen molar-refractivity contribution in [3.05, 3.63) is 34.3 Å². The summed E-state index contributed by atoms with van der Waals surface area (Å²) in [5.74, 6) is -0.686. The van der Waals surface area contributed by atoms with E-state index in [1.165, 1.54) is 4.90 Å². The molecule has 1 heterocycles. The molecule has 1 aliphatic heterocycles. The lowest BCUT2D eigenvalue weighted by atomic mass is 10.1. The summed E-state index contributed by atoms with van der Waals surface area (Å²) >= 11 is 6.09. The maximum absolute atomic E-state index is 12.1. The second-order valence-electron chi connectivity index (χ2n) is 5.36. The van der Waals surface area contributed by atoms with Crippen molar-refractivity contribution in [1.82, 2.24) is 10.2 Å². The van der Waals surface area contributed by atoms with E-state index in [9.17, 15) is 14.4 Å². The number of carbonyl (C=O) groups is 3. The molecule has 0 saturated carbocycles. The zero-order chi connectivity index (χ0) is 16.8. The molecule has 1 N–H and O–H groups in total. The Bertz CT molecular complexity index is 606. The Morgan fingerprint density at radius 3 is 2.91 bits per heavy atom. The smallest absolute Gasteiger partial charge is 0.253 e. The summed E-state index contributed by atoms with van der Waals surface area (Å²) in [6.07, 6.45) is 2.25. The second-order valence-corrected chi connectivity index (χ2v) is 5.77. The molecule has 1 aromatic carbocycles. The Balaban J connectivity index is 1.94. The summed E-state index contributed by atoms with van der Waals surface area (Å²) in [6, 6.07) is 4.62. The highest BCUT2D eigenvalue weighted by atomic mass is 35.5. The molecular weight excluding hydrogens is 320 g/mol. The third-order valence-electron chi connectivity index (χ3n) is 3.77. The Kier molecular flexibility index (Phi) is 6.12. The number of likely N-dealkylation sites (tertiary alicyclic amines) is 1. The van der Waals surface area contributed by atoms with Crippen LogP contribution in [0.5, 0.6) is 0 Å². The van der Waals surface area contributed by atoms with E-state index >= 15 is 0 Å². The number of rotatable bonds is 6. The number of methoxy groups -OCH3 is 1. The van der Waals surface area contributed by atoms with Gasteiger partial charge in [0.2, 0.25) is 5.91 Å². The van der Waals surface area contributed by atoms with Gasteiger partial charge in [0, 0.05) is 13.7 Å². The number of carbonyl (C=O) groups excluding carboxylic acids is 3. The van der Waals surface area contributed by atoms with Crippen LogP contribution in [0.2, 0.25) is 5.02 Å². The third kappa shape index (κ3) is 4.30. The zero-order valence-electron chi connectivity index (χ0n) is 12.9. The van der Waals surface area contributed by atoms with Gasteiger partial charge < -0.3 is 19.7 Å². The SMILES string of the molecule is COCc1ccc(C(=O)NCC(=O)N2CCC[C@H]2C=O)c(Cl)c1. The number of nitrogens with one attached hydrogen (secondary N) is 1. The number of nitrogens with zero attached hydrogens (tertiary/aromatic N) is 1. The molecule has 0 aliphatic carbocycles. The van der Waals surface area contributed by atoms with Gasteiger partial charge in [-0.05, 0) is 30.5 Å². The molecular formula is C16H19ClN2O4. The molecule has 2 amide bonds. The predicted octanol–water partition coefficient (Wildman–Crippen LogP) is 1.41. The molecule has 1 saturated heterocycles. The molecule has 23 heavy (non-hydrogen) atoms. The van der Waals surface area contributed by atoms with Crippen molar-refractivity contribution in [2.45, 2.75) is 25.5 Å². The lowest BCUT2D eigenvalue weighted by Crippen LogP contribution is -2.43. The van der Waals surface area contributed by atoms with Gasteiger partial charge in [0.05, 0.1) is 29.8 Å². The summed E-state index contributed by atoms with van der Waals surface area (Å²) in [7, 11) is 1.57. The van der Waals surface area contributed by atoms with Crippen molar-refractivity contribution in [1.29, 1.82) is 0 Å². The van der Waals surface area contributed by atoms with Gasteiger partial charge >= 0.3 is 0 Å². The van der Waals surface area contributed by atoms with Crippen molar-refractivity contribution < 1.29 is 19.1 Å². The van der Waals surface area contributed by atoms with Crippen LogP contribution in [0, 0.1) is 0 Å². The Labute approximate surface area is 139 Å². The summed E-state index contributed by atoms with van der Waals surface area (Å²) in [5, 5.41) is 2.85. The average Bonchev–Trinajstić information content (AvgIpc) is 3.01. The van der Waals surface area contributed by atoms with Gasteiger partial charge in [0.15, 0.2) is 0 Å². The maximum atomic E-state index is 12.1. The molecule has 6 nitrogen and oxygen atoms in total. The van der Waals surface area contributed by atoms with Crippen molar-refractivity contribution in [2.75, 3.05) is 20.2 Å². The number of halogens is 1. The van der Waals surface area contributed by atoms with E-state index in [4.69, 9.17) is 16.3 Å². The Morgan fingerprint density at radius 2 is 2.26 bits per heavy atom. The van der Waals surface area contributed by atoms with Crippen molar-refractivity contribution in [2.24, 2.45) is 0 Å². The van der Waals surface area contributed by atoms with E-state index in [1.807, 2.05) is 0 Å². The number of hydrogen-bond acceptors (Lipinski definition) is 4. The van der Waals surface area contributed by atoms with Crippen LogP contribution in [0.3, 0.4) is 0 Å². The van der Waals surface area contributed by atoms with Crippen LogP contribution < -0.4 is 5.32 Å². The van der Waals surface area contributed by atoms with E-state index in [1.54, 1.807) is 25.3 Å². The zero-order valence-corrected chi connectivity index (χ0v) is 13.6. The minimum Gasteiger partial charge on any atom is -0.380 e. The van der Waals surface area contributed by atoms with Crippen molar-refractivity contribution in [3.8, 4) is 0 Å². The van der Waals surface area contributed by atoms with Crippen LogP contribution in [0.1, 0.15) is 28.8 Å². The van der Waals surface area contributed by atoms with E-state index in [0.717, 1.165) is 18.3 Å². The molecule has 1 fully saturated rings. The van der Waals surface area contributed by atoms with Crippen LogP contribution in [-0.4, -0.2) is 49.2 Å². The van der Waals surface area contributed by atoms with Crippen molar-refractivity contribution >= 4 is 29.7 Å². The summed E-state index contributed by atoms with van der Waals surface area (Å²) < 4.78 is 5.00. The minimum absolute atomic E-state index is 0.153. The van der Waals surface area contributed by atoms with Gasteiger partial charge in [0.25, 0.3) is 5.91 Å². The summed E-state index contributed by atoms with van der Waals surface area (Å²) in [4.78, 5) is 36.6. The fourth-order valence-corrected chi connectivity index (χ4v) is 2.88. The Morgan fingerprint density at radius 1 is 1.48 bits per heavy atom. The highest BCUT2D eigenvalue weighted by Gasteiger charge is 2.28. The molecule has 124 valence electrons. The normalized spacial score (nSPS) is 17.1. The molecule has 1 aromatic rings. The largest absolute Gasteiger partial charge is 0.380 e. The van der Waals surface area contributed by atoms with Crippen LogP contribution >= 0.6 is 11.6 Å². The molecule has 1 atom stereocenters. The standard InChI is InChI=1S/C16H19ClN2O4/c1-23-10-11-4-5-13(14(17)7-11)16(22)18-8-15(21)19-6-2-3-12(19)9-20/h4-5,7,9,12H,2-3,6,8,10H2,1H3,(H,18,22)/t12-/m0/s1. The van der Waals surface area contributed by atoms with Crippen LogP contribution in [0.25, 0.3) is 0 Å². The number of benzene rings is 1. The topological polar surface area (TPSA) is 75.7 Å². The van der Waals surface area contributed by atoms with Crippen molar-refractivity contribution in [3.63, 3.8) is 0 Å². The predicted molar refractivity (Wildman–Crippen MR) is 85.3 cm³/mol. The highest BCUT2D eigenvalue weighted by molar-refractivity contribution is 6.33. The second kappa shape index (κ2) is 8.08. The highest BCUT2D eigenvalue weighted by Crippen LogP contribution is 2.19. The summed E-state index contributed by atoms with van der Waals surface area (Å²) in [5.41, 5.74) is 1.16. The lowest BCUT2D eigenvalue weighted by molar-refractivity contribution is -0.133. The first-order valence-electron chi connectivity index (χ1n) is 7.37. The van der Waals surface area contributed by atoms with E-state index < -0.39 is 5.91 Å². The van der Waals surface area contributed by atoms with Gasteiger partial charge in [0.1, 0.15) is 6.29 Å². The molecule has 0 aromatic heterocycles. The summed E-state index contributed by atoms with van der Waals surface area (Å²) in [6.45, 7) is 0.798. The van der Waals surface area contributed by atoms with Gasteiger partial charge in [-0.15, -0.1) is 0 Å². The molecule has 2 rings (SSSR count). The molecule has 0 bridgehead atoms. The van der Waals surface area contributed by atoms with Gasteiger partial charge in [-0.25, -0.2) is 0 Å². The molecule has 0 unspecified atom stereocenters. The van der Waals surface area contributed by atoms with Gasteiger partial charge in [-0.1, -0.05) is 17.7 Å². The first-order chi connectivity index (χ1) is 11.1. The molecule has 1 aliphatic rings. The monoisotopic (exact) mass is 338 g/mol. The lowest BCUT2D eigenvalue weighted by Gasteiger charge is -2.20. The first kappa shape index (κ1) is 17.4. The van der Waals surface area contributed by atoms with Gasteiger partial charge in [-0.3, -0.25) is 9.59 Å². The molecule has 0 radical (unpaired) electrons. The number of aldehydes is 1. The van der Waals surface area contributed by atoms with Gasteiger partial charge in [-0.2, -0.15) is 0 Å². The fourth-order valence-electron chi connectivity index (χ4n) is 2.60. The molecule has 0 spiro atoms. The number of amides is 2. The Hall–Kier alpha value is -1.92. The van der Waals surface area contributed by atoms with E-state index in [2.05, 4.69) is 5.32 Å². The minimum atomic E-state index is -0.422. The van der Waals surface area contributed by atoms with Crippen LogP contribution in [0.15, 0.2) is 18.2 Å². The number of hydrogen-bond donors (Lipinski definition) is 1. The molecule has 7 heteroatoms.